The molecule has 2 nitrogen and oxygen atoms in total. The average molecular weight is 137 g/mol. The Morgan fingerprint density at radius 3 is 2.75 bits per heavy atom. The molecule has 0 spiro atoms. The molecule has 0 aliphatic heterocycles. The van der Waals surface area contributed by atoms with E-state index in [2.05, 4.69) is 5.32 Å². The zero-order chi connectivity index (χ0) is 6.41. The maximum atomic E-state index is 5.56. The van der Waals surface area contributed by atoms with Crippen LogP contribution in [0.4, 0.5) is 0 Å². The van der Waals surface area contributed by atoms with E-state index in [1.807, 2.05) is 6.92 Å². The Morgan fingerprint density at radius 2 is 2.38 bits per heavy atom. The maximum Gasteiger partial charge on any atom is 0.0796 e. The van der Waals surface area contributed by atoms with Crippen molar-refractivity contribution in [1.82, 2.24) is 5.32 Å². The van der Waals surface area contributed by atoms with Crippen LogP contribution in [-0.2, 0) is 0 Å². The van der Waals surface area contributed by atoms with Crippen LogP contribution in [0.1, 0.15) is 13.3 Å². The van der Waals surface area contributed by atoms with Gasteiger partial charge in [-0.25, -0.2) is 0 Å². The van der Waals surface area contributed by atoms with Crippen molar-refractivity contribution in [2.45, 2.75) is 18.8 Å². The Bertz CT molecular complexity index is 47.7. The number of nitrogens with one attached hydrogen (secondary N) is 1. The van der Waals surface area contributed by atoms with Crippen LogP contribution in [0.25, 0.3) is 0 Å². The summed E-state index contributed by atoms with van der Waals surface area (Å²) in [7, 11) is 0. The third kappa shape index (κ3) is 6.21. The van der Waals surface area contributed by atoms with E-state index in [4.69, 9.17) is 17.3 Å². The smallest absolute Gasteiger partial charge is 0.0796 e. The van der Waals surface area contributed by atoms with E-state index in [1.54, 1.807) is 0 Å². The molecule has 0 rings (SSSR count). The minimum atomic E-state index is 0.0709. The lowest BCUT2D eigenvalue weighted by Gasteiger charge is -2.02. The fourth-order valence-corrected chi connectivity index (χ4v) is 0.512. The van der Waals surface area contributed by atoms with Crippen molar-refractivity contribution in [3.63, 3.8) is 0 Å². The first-order valence-electron chi connectivity index (χ1n) is 2.85. The first kappa shape index (κ1) is 8.21. The molecule has 0 heterocycles. The molecular formula is C5H13ClN2. The number of nitrogens with two attached hydrogens (primary N) is 1. The van der Waals surface area contributed by atoms with Gasteiger partial charge in [0.2, 0.25) is 0 Å². The first-order valence-corrected chi connectivity index (χ1v) is 3.28. The van der Waals surface area contributed by atoms with Crippen LogP contribution >= 0.6 is 11.6 Å². The van der Waals surface area contributed by atoms with Crippen molar-refractivity contribution in [2.75, 3.05) is 13.1 Å². The van der Waals surface area contributed by atoms with E-state index in [0.717, 1.165) is 19.5 Å². The highest BCUT2D eigenvalue weighted by atomic mass is 35.5. The van der Waals surface area contributed by atoms with E-state index in [9.17, 15) is 0 Å². The topological polar surface area (TPSA) is 38.0 Å². The summed E-state index contributed by atoms with van der Waals surface area (Å²) < 4.78 is 0. The summed E-state index contributed by atoms with van der Waals surface area (Å²) in [6.07, 6.45) is 0.997. The number of rotatable bonds is 4. The van der Waals surface area contributed by atoms with E-state index < -0.39 is 0 Å². The van der Waals surface area contributed by atoms with Crippen molar-refractivity contribution in [3.8, 4) is 0 Å². The van der Waals surface area contributed by atoms with Gasteiger partial charge in [0.25, 0.3) is 0 Å². The van der Waals surface area contributed by atoms with Gasteiger partial charge in [-0.05, 0) is 26.4 Å². The van der Waals surface area contributed by atoms with E-state index in [-0.39, 0.29) is 5.50 Å². The largest absolute Gasteiger partial charge is 0.330 e. The second-order valence-electron chi connectivity index (χ2n) is 1.71. The number of hydrogen-bond acceptors (Lipinski definition) is 2. The van der Waals surface area contributed by atoms with E-state index >= 15 is 0 Å². The predicted molar refractivity (Wildman–Crippen MR) is 37.0 cm³/mol. The summed E-state index contributed by atoms with van der Waals surface area (Å²) in [5.74, 6) is 0. The van der Waals surface area contributed by atoms with Crippen LogP contribution in [0.5, 0.6) is 0 Å². The molecule has 0 fully saturated rings. The standard InChI is InChI=1S/C5H13ClN2/c1-5(6)8-4-2-3-7/h5,8H,2-4,7H2,1H3. The van der Waals surface area contributed by atoms with Crippen molar-refractivity contribution < 1.29 is 0 Å². The molecule has 0 aliphatic rings. The Labute approximate surface area is 55.4 Å². The molecule has 1 atom stereocenters. The third-order valence-corrected chi connectivity index (χ3v) is 0.961. The summed E-state index contributed by atoms with van der Waals surface area (Å²) in [5, 5.41) is 3.03. The van der Waals surface area contributed by atoms with Gasteiger partial charge >= 0.3 is 0 Å². The highest BCUT2D eigenvalue weighted by molar-refractivity contribution is 6.20. The van der Waals surface area contributed by atoms with E-state index in [0.29, 0.717) is 0 Å². The first-order chi connectivity index (χ1) is 3.77. The molecule has 50 valence electrons. The summed E-state index contributed by atoms with van der Waals surface area (Å²) >= 11 is 5.56. The lowest BCUT2D eigenvalue weighted by Crippen LogP contribution is -2.23. The Morgan fingerprint density at radius 1 is 1.75 bits per heavy atom. The normalized spacial score (nSPS) is 13.9. The van der Waals surface area contributed by atoms with Gasteiger partial charge < -0.3 is 11.1 Å². The number of halogens is 1. The molecule has 0 aromatic heterocycles. The predicted octanol–water partition coefficient (Wildman–Crippen LogP) is 0.510. The Hall–Kier alpha value is 0.210. The zero-order valence-electron chi connectivity index (χ0n) is 5.15. The highest BCUT2D eigenvalue weighted by Gasteiger charge is 1.89. The molecule has 0 saturated carbocycles. The van der Waals surface area contributed by atoms with Crippen LogP contribution in [-0.4, -0.2) is 18.6 Å². The molecule has 0 amide bonds. The molecular weight excluding hydrogens is 124 g/mol. The fraction of sp³-hybridized carbons (Fsp3) is 1.00. The SMILES string of the molecule is CC(Cl)NCCCN. The van der Waals surface area contributed by atoms with Crippen LogP contribution in [0.3, 0.4) is 0 Å². The fourth-order valence-electron chi connectivity index (χ4n) is 0.403. The van der Waals surface area contributed by atoms with Crippen LogP contribution in [0, 0.1) is 0 Å². The summed E-state index contributed by atoms with van der Waals surface area (Å²) in [5.41, 5.74) is 5.30. The second kappa shape index (κ2) is 5.35. The maximum absolute atomic E-state index is 5.56. The van der Waals surface area contributed by atoms with Crippen LogP contribution < -0.4 is 11.1 Å². The van der Waals surface area contributed by atoms with Crippen molar-refractivity contribution in [1.29, 1.82) is 0 Å². The molecule has 0 aliphatic carbocycles. The quantitative estimate of drug-likeness (QED) is 0.336. The molecule has 0 saturated heterocycles. The molecule has 0 aromatic rings. The average Bonchev–Trinajstić information content (AvgIpc) is 1.66. The zero-order valence-corrected chi connectivity index (χ0v) is 5.91. The molecule has 0 aromatic carbocycles. The minimum Gasteiger partial charge on any atom is -0.330 e. The summed E-state index contributed by atoms with van der Waals surface area (Å²) in [6.45, 7) is 3.55. The van der Waals surface area contributed by atoms with Gasteiger partial charge in [0, 0.05) is 0 Å². The van der Waals surface area contributed by atoms with Gasteiger partial charge in [0.05, 0.1) is 5.50 Å². The number of alkyl halides is 1. The third-order valence-electron chi connectivity index (χ3n) is 0.807. The summed E-state index contributed by atoms with van der Waals surface area (Å²) in [6, 6.07) is 0. The van der Waals surface area contributed by atoms with Gasteiger partial charge in [0.15, 0.2) is 0 Å². The molecule has 3 heteroatoms. The summed E-state index contributed by atoms with van der Waals surface area (Å²) in [4.78, 5) is 0. The number of hydrogen-bond donors (Lipinski definition) is 2. The van der Waals surface area contributed by atoms with E-state index in [1.165, 1.54) is 0 Å². The lowest BCUT2D eigenvalue weighted by atomic mass is 10.4. The second-order valence-corrected chi connectivity index (χ2v) is 2.37. The van der Waals surface area contributed by atoms with Crippen molar-refractivity contribution in [2.24, 2.45) is 5.73 Å². The van der Waals surface area contributed by atoms with Crippen molar-refractivity contribution >= 4 is 11.6 Å². The van der Waals surface area contributed by atoms with Crippen molar-refractivity contribution in [3.05, 3.63) is 0 Å². The minimum absolute atomic E-state index is 0.0709. The Kier molecular flexibility index (Phi) is 5.49. The lowest BCUT2D eigenvalue weighted by molar-refractivity contribution is 0.646. The highest BCUT2D eigenvalue weighted by Crippen LogP contribution is 1.85. The molecule has 0 bridgehead atoms. The monoisotopic (exact) mass is 136 g/mol. The van der Waals surface area contributed by atoms with Crippen LogP contribution in [0.15, 0.2) is 0 Å². The molecule has 1 unspecified atom stereocenters. The van der Waals surface area contributed by atoms with Gasteiger partial charge in [-0.2, -0.15) is 0 Å². The van der Waals surface area contributed by atoms with Gasteiger partial charge in [-0.3, -0.25) is 0 Å². The van der Waals surface area contributed by atoms with Crippen LogP contribution in [0.2, 0.25) is 0 Å². The van der Waals surface area contributed by atoms with Gasteiger partial charge in [0.1, 0.15) is 0 Å². The van der Waals surface area contributed by atoms with Gasteiger partial charge in [-0.1, -0.05) is 0 Å². The molecule has 3 N–H and O–H groups in total. The van der Waals surface area contributed by atoms with Gasteiger partial charge in [-0.15, -0.1) is 11.6 Å². The molecule has 8 heavy (non-hydrogen) atoms. The Balaban J connectivity index is 2.72. The molecule has 0 radical (unpaired) electrons.